The van der Waals surface area contributed by atoms with Gasteiger partial charge in [0.25, 0.3) is 0 Å². The molecule has 0 aliphatic rings. The zero-order valence-electron chi connectivity index (χ0n) is 5.56. The van der Waals surface area contributed by atoms with Gasteiger partial charge in [-0.3, -0.25) is 4.79 Å². The first kappa shape index (κ1) is 7.41. The fourth-order valence-electron chi connectivity index (χ4n) is 0.451. The molecule has 0 saturated carbocycles. The standard InChI is InChI=1S/C7H11O/c1-4-5-7(2,3)6-8/h4-5H,1-3H3. The summed E-state index contributed by atoms with van der Waals surface area (Å²) in [6, 6.07) is 0. The highest BCUT2D eigenvalue weighted by molar-refractivity contribution is 5.61. The highest BCUT2D eigenvalue weighted by Crippen LogP contribution is 2.11. The van der Waals surface area contributed by atoms with Crippen LogP contribution in [0.15, 0.2) is 12.2 Å². The Morgan fingerprint density at radius 2 is 2.00 bits per heavy atom. The van der Waals surface area contributed by atoms with Gasteiger partial charge in [0.15, 0.2) is 0 Å². The summed E-state index contributed by atoms with van der Waals surface area (Å²) in [4.78, 5) is 10.0. The van der Waals surface area contributed by atoms with E-state index < -0.39 is 5.41 Å². The summed E-state index contributed by atoms with van der Waals surface area (Å²) in [6.07, 6.45) is 5.58. The minimum Gasteiger partial charge on any atom is -0.290 e. The average Bonchev–Trinajstić information content (AvgIpc) is 1.67. The van der Waals surface area contributed by atoms with Crippen LogP contribution in [0.2, 0.25) is 0 Å². The second kappa shape index (κ2) is 2.65. The first-order valence-electron chi connectivity index (χ1n) is 2.65. The van der Waals surface area contributed by atoms with Crippen molar-refractivity contribution in [3.8, 4) is 0 Å². The molecule has 0 bridgehead atoms. The fraction of sp³-hybridized carbons (Fsp3) is 0.571. The zero-order chi connectivity index (χ0) is 6.62. The minimum absolute atomic E-state index is 0.394. The van der Waals surface area contributed by atoms with E-state index in [0.717, 1.165) is 0 Å². The van der Waals surface area contributed by atoms with E-state index in [9.17, 15) is 4.79 Å². The van der Waals surface area contributed by atoms with Crippen molar-refractivity contribution in [1.82, 2.24) is 0 Å². The van der Waals surface area contributed by atoms with E-state index in [1.807, 2.05) is 39.2 Å². The van der Waals surface area contributed by atoms with Gasteiger partial charge in [0, 0.05) is 5.41 Å². The fourth-order valence-corrected chi connectivity index (χ4v) is 0.451. The number of carbonyl (C=O) groups excluding carboxylic acids is 1. The predicted octanol–water partition coefficient (Wildman–Crippen LogP) is 1.70. The van der Waals surface area contributed by atoms with E-state index in [0.29, 0.717) is 0 Å². The lowest BCUT2D eigenvalue weighted by atomic mass is 9.96. The lowest BCUT2D eigenvalue weighted by Crippen LogP contribution is -2.07. The molecule has 0 amide bonds. The second-order valence-electron chi connectivity index (χ2n) is 2.32. The number of allylic oxidation sites excluding steroid dienone is 2. The van der Waals surface area contributed by atoms with Crippen molar-refractivity contribution < 1.29 is 4.79 Å². The largest absolute Gasteiger partial charge is 0.290 e. The highest BCUT2D eigenvalue weighted by atomic mass is 16.1. The van der Waals surface area contributed by atoms with Gasteiger partial charge >= 0.3 is 0 Å². The molecule has 8 heavy (non-hydrogen) atoms. The smallest absolute Gasteiger partial charge is 0.208 e. The molecular weight excluding hydrogens is 100 g/mol. The summed E-state index contributed by atoms with van der Waals surface area (Å²) >= 11 is 0. The van der Waals surface area contributed by atoms with E-state index in [4.69, 9.17) is 0 Å². The van der Waals surface area contributed by atoms with Gasteiger partial charge in [-0.05, 0) is 20.8 Å². The second-order valence-corrected chi connectivity index (χ2v) is 2.32. The van der Waals surface area contributed by atoms with Crippen LogP contribution >= 0.6 is 0 Å². The molecule has 0 rings (SSSR count). The van der Waals surface area contributed by atoms with E-state index in [1.165, 1.54) is 0 Å². The molecule has 1 radical (unpaired) electrons. The topological polar surface area (TPSA) is 17.1 Å². The van der Waals surface area contributed by atoms with Crippen molar-refractivity contribution in [3.63, 3.8) is 0 Å². The Morgan fingerprint density at radius 3 is 2.12 bits per heavy atom. The molecule has 1 heteroatoms. The minimum atomic E-state index is -0.394. The van der Waals surface area contributed by atoms with Gasteiger partial charge in [0.2, 0.25) is 6.29 Å². The highest BCUT2D eigenvalue weighted by Gasteiger charge is 2.10. The molecule has 0 aromatic rings. The molecule has 1 nitrogen and oxygen atoms in total. The Bertz CT molecular complexity index is 101. The maximum absolute atomic E-state index is 10.0. The van der Waals surface area contributed by atoms with E-state index in [2.05, 4.69) is 0 Å². The quantitative estimate of drug-likeness (QED) is 0.496. The van der Waals surface area contributed by atoms with E-state index in [1.54, 1.807) is 0 Å². The molecule has 45 valence electrons. The van der Waals surface area contributed by atoms with Crippen molar-refractivity contribution in [2.24, 2.45) is 5.41 Å². The first-order chi connectivity index (χ1) is 3.62. The van der Waals surface area contributed by atoms with Crippen LogP contribution in [0.5, 0.6) is 0 Å². The van der Waals surface area contributed by atoms with Gasteiger partial charge in [0.05, 0.1) is 0 Å². The molecule has 0 aliphatic heterocycles. The normalized spacial score (nSPS) is 12.4. The van der Waals surface area contributed by atoms with E-state index >= 15 is 0 Å². The summed E-state index contributed by atoms with van der Waals surface area (Å²) in [7, 11) is 0. The van der Waals surface area contributed by atoms with E-state index in [-0.39, 0.29) is 0 Å². The molecular formula is C7H11O. The molecule has 0 fully saturated rings. The monoisotopic (exact) mass is 111 g/mol. The molecule has 0 saturated heterocycles. The molecule has 0 heterocycles. The summed E-state index contributed by atoms with van der Waals surface area (Å²) in [6.45, 7) is 5.53. The average molecular weight is 111 g/mol. The molecule has 0 N–H and O–H groups in total. The Hall–Kier alpha value is -0.590. The summed E-state index contributed by atoms with van der Waals surface area (Å²) in [5.74, 6) is 0. The van der Waals surface area contributed by atoms with Crippen LogP contribution < -0.4 is 0 Å². The maximum Gasteiger partial charge on any atom is 0.208 e. The zero-order valence-corrected chi connectivity index (χ0v) is 5.56. The summed E-state index contributed by atoms with van der Waals surface area (Å²) in [5, 5.41) is 0. The van der Waals surface area contributed by atoms with Gasteiger partial charge in [-0.2, -0.15) is 0 Å². The van der Waals surface area contributed by atoms with Gasteiger partial charge in [-0.25, -0.2) is 0 Å². The van der Waals surface area contributed by atoms with Crippen LogP contribution in [0.25, 0.3) is 0 Å². The Morgan fingerprint density at radius 1 is 1.50 bits per heavy atom. The molecule has 0 spiro atoms. The molecule has 0 unspecified atom stereocenters. The molecule has 0 atom stereocenters. The van der Waals surface area contributed by atoms with Crippen molar-refractivity contribution in [1.29, 1.82) is 0 Å². The predicted molar refractivity (Wildman–Crippen MR) is 34.3 cm³/mol. The van der Waals surface area contributed by atoms with Crippen LogP contribution in [0, 0.1) is 5.41 Å². The lowest BCUT2D eigenvalue weighted by Gasteiger charge is -2.06. The summed E-state index contributed by atoms with van der Waals surface area (Å²) in [5.41, 5.74) is -0.394. The van der Waals surface area contributed by atoms with Crippen molar-refractivity contribution in [2.45, 2.75) is 20.8 Å². The Labute approximate surface area is 50.4 Å². The third-order valence-corrected chi connectivity index (χ3v) is 0.846. The van der Waals surface area contributed by atoms with Crippen molar-refractivity contribution >= 4 is 6.29 Å². The van der Waals surface area contributed by atoms with Gasteiger partial charge in [0.1, 0.15) is 0 Å². The van der Waals surface area contributed by atoms with Crippen LogP contribution in [0.1, 0.15) is 20.8 Å². The number of hydrogen-bond acceptors (Lipinski definition) is 1. The van der Waals surface area contributed by atoms with Crippen molar-refractivity contribution in [2.75, 3.05) is 0 Å². The third-order valence-electron chi connectivity index (χ3n) is 0.846. The Balaban J connectivity index is 3.90. The SMILES string of the molecule is CC=CC(C)(C)[C]=O. The third kappa shape index (κ3) is 2.56. The summed E-state index contributed by atoms with van der Waals surface area (Å²) < 4.78 is 0. The van der Waals surface area contributed by atoms with Crippen molar-refractivity contribution in [3.05, 3.63) is 12.2 Å². The first-order valence-corrected chi connectivity index (χ1v) is 2.65. The van der Waals surface area contributed by atoms with Gasteiger partial charge in [-0.1, -0.05) is 12.2 Å². The van der Waals surface area contributed by atoms with Gasteiger partial charge in [-0.15, -0.1) is 0 Å². The maximum atomic E-state index is 10.0. The lowest BCUT2D eigenvalue weighted by molar-refractivity contribution is 0.505. The Kier molecular flexibility index (Phi) is 2.46. The molecule has 0 aliphatic carbocycles. The number of hydrogen-bond donors (Lipinski definition) is 0. The van der Waals surface area contributed by atoms with Gasteiger partial charge < -0.3 is 0 Å². The van der Waals surface area contributed by atoms with Crippen LogP contribution in [-0.4, -0.2) is 6.29 Å². The molecule has 0 aromatic heterocycles. The number of rotatable bonds is 2. The van der Waals surface area contributed by atoms with Crippen LogP contribution in [0.4, 0.5) is 0 Å². The molecule has 0 aromatic carbocycles. The van der Waals surface area contributed by atoms with Crippen LogP contribution in [0.3, 0.4) is 0 Å². The van der Waals surface area contributed by atoms with Crippen LogP contribution in [-0.2, 0) is 4.79 Å².